The number of oxazole rings is 1. The standard InChI is InChI=1S/C29H33N5O5/c1-18-9-10-19-13-21(26(37-3)14-24(19)31-18)27-15-30-29(39-27)23(32-28(36)20-16-34(2)17-20)7-5-4-6-8-25(35)22-11-12-38-33-22/h9-15,20,23H,4-8,16-17H2,1-3H3,(H,32,36)/t23-/m0/s1. The van der Waals surface area contributed by atoms with Gasteiger partial charge in [0.25, 0.3) is 0 Å². The first-order chi connectivity index (χ1) is 18.9. The molecule has 0 unspecified atom stereocenters. The van der Waals surface area contributed by atoms with E-state index in [2.05, 4.69) is 25.3 Å². The van der Waals surface area contributed by atoms with Gasteiger partial charge in [0.15, 0.2) is 11.5 Å². The van der Waals surface area contributed by atoms with Gasteiger partial charge in [-0.1, -0.05) is 24.1 Å². The van der Waals surface area contributed by atoms with E-state index in [1.807, 2.05) is 38.2 Å². The van der Waals surface area contributed by atoms with Gasteiger partial charge in [-0.3, -0.25) is 14.6 Å². The van der Waals surface area contributed by atoms with E-state index in [4.69, 9.17) is 13.7 Å². The van der Waals surface area contributed by atoms with E-state index in [1.165, 1.54) is 6.26 Å². The van der Waals surface area contributed by atoms with Crippen LogP contribution in [-0.4, -0.2) is 59.0 Å². The Labute approximate surface area is 226 Å². The van der Waals surface area contributed by atoms with Crippen molar-refractivity contribution in [2.75, 3.05) is 27.2 Å². The van der Waals surface area contributed by atoms with Crippen LogP contribution in [0.25, 0.3) is 22.2 Å². The summed E-state index contributed by atoms with van der Waals surface area (Å²) >= 11 is 0. The Hall–Kier alpha value is -4.05. The summed E-state index contributed by atoms with van der Waals surface area (Å²) in [5.74, 6) is 1.58. The van der Waals surface area contributed by atoms with Crippen molar-refractivity contribution in [3.63, 3.8) is 0 Å². The van der Waals surface area contributed by atoms with Crippen molar-refractivity contribution in [3.05, 3.63) is 60.1 Å². The maximum absolute atomic E-state index is 12.9. The second-order valence-corrected chi connectivity index (χ2v) is 10.1. The minimum Gasteiger partial charge on any atom is -0.496 e. The number of aryl methyl sites for hydroxylation is 1. The smallest absolute Gasteiger partial charge is 0.226 e. The van der Waals surface area contributed by atoms with Crippen molar-refractivity contribution in [2.45, 2.75) is 45.1 Å². The molecule has 0 spiro atoms. The zero-order valence-corrected chi connectivity index (χ0v) is 22.5. The number of benzene rings is 1. The average molecular weight is 532 g/mol. The molecule has 0 saturated carbocycles. The molecule has 1 saturated heterocycles. The normalized spacial score (nSPS) is 14.7. The lowest BCUT2D eigenvalue weighted by Gasteiger charge is -2.35. The molecule has 1 aliphatic heterocycles. The number of hydrogen-bond donors (Lipinski definition) is 1. The fourth-order valence-corrected chi connectivity index (χ4v) is 4.90. The number of nitrogens with zero attached hydrogens (tertiary/aromatic N) is 4. The monoisotopic (exact) mass is 531 g/mol. The number of pyridine rings is 1. The first-order valence-corrected chi connectivity index (χ1v) is 13.2. The van der Waals surface area contributed by atoms with E-state index in [0.29, 0.717) is 35.9 Å². The first kappa shape index (κ1) is 26.6. The minimum absolute atomic E-state index is 0.00351. The molecular weight excluding hydrogens is 498 g/mol. The number of methoxy groups -OCH3 is 1. The predicted octanol–water partition coefficient (Wildman–Crippen LogP) is 4.75. The first-order valence-electron chi connectivity index (χ1n) is 13.2. The molecule has 10 nitrogen and oxygen atoms in total. The van der Waals surface area contributed by atoms with Crippen molar-refractivity contribution in [1.29, 1.82) is 0 Å². The number of amides is 1. The molecule has 1 atom stereocenters. The maximum Gasteiger partial charge on any atom is 0.226 e. The Morgan fingerprint density at radius 2 is 2.03 bits per heavy atom. The number of rotatable bonds is 12. The van der Waals surface area contributed by atoms with Crippen LogP contribution in [0.5, 0.6) is 5.75 Å². The average Bonchev–Trinajstić information content (AvgIpc) is 3.62. The molecule has 3 aromatic heterocycles. The van der Waals surface area contributed by atoms with E-state index in [0.717, 1.165) is 54.5 Å². The quantitative estimate of drug-likeness (QED) is 0.204. The molecule has 4 heterocycles. The molecule has 0 aliphatic carbocycles. The molecule has 1 N–H and O–H groups in total. The van der Waals surface area contributed by atoms with Crippen LogP contribution in [0.15, 0.2) is 51.7 Å². The molecule has 204 valence electrons. The van der Waals surface area contributed by atoms with Crippen molar-refractivity contribution < 1.29 is 23.3 Å². The number of unbranched alkanes of at least 4 members (excludes halogenated alkanes) is 2. The van der Waals surface area contributed by atoms with Gasteiger partial charge in [0.1, 0.15) is 23.7 Å². The highest BCUT2D eigenvalue weighted by Crippen LogP contribution is 2.35. The fraction of sp³-hybridized carbons (Fsp3) is 0.414. The van der Waals surface area contributed by atoms with Gasteiger partial charge in [0, 0.05) is 42.7 Å². The summed E-state index contributed by atoms with van der Waals surface area (Å²) in [6.07, 6.45) is 6.45. The molecule has 1 aromatic carbocycles. The number of hydrogen-bond acceptors (Lipinski definition) is 9. The van der Waals surface area contributed by atoms with Crippen LogP contribution in [0.2, 0.25) is 0 Å². The van der Waals surface area contributed by atoms with Crippen LogP contribution in [-0.2, 0) is 4.79 Å². The maximum atomic E-state index is 12.9. The Bertz CT molecular complexity index is 1440. The summed E-state index contributed by atoms with van der Waals surface area (Å²) in [5.41, 5.74) is 2.89. The van der Waals surface area contributed by atoms with Crippen molar-refractivity contribution in [1.82, 2.24) is 25.3 Å². The number of ketones is 1. The second kappa shape index (κ2) is 11.8. The number of aromatic nitrogens is 3. The molecule has 5 rings (SSSR count). The third-order valence-corrected chi connectivity index (χ3v) is 7.11. The molecular formula is C29H33N5O5. The summed E-state index contributed by atoms with van der Waals surface area (Å²) in [6, 6.07) is 9.06. The summed E-state index contributed by atoms with van der Waals surface area (Å²) in [5, 5.41) is 7.82. The number of fused-ring (bicyclic) bond motifs is 1. The van der Waals surface area contributed by atoms with Crippen LogP contribution >= 0.6 is 0 Å². The Morgan fingerprint density at radius 3 is 2.77 bits per heavy atom. The lowest BCUT2D eigenvalue weighted by molar-refractivity contribution is -0.130. The van der Waals surface area contributed by atoms with Gasteiger partial charge in [-0.15, -0.1) is 0 Å². The lowest BCUT2D eigenvalue weighted by Crippen LogP contribution is -2.52. The largest absolute Gasteiger partial charge is 0.496 e. The van der Waals surface area contributed by atoms with Gasteiger partial charge in [0.2, 0.25) is 11.8 Å². The van der Waals surface area contributed by atoms with Crippen LogP contribution < -0.4 is 10.1 Å². The Morgan fingerprint density at radius 1 is 1.18 bits per heavy atom. The highest BCUT2D eigenvalue weighted by molar-refractivity contribution is 5.93. The van der Waals surface area contributed by atoms with E-state index in [-0.39, 0.29) is 23.7 Å². The highest BCUT2D eigenvalue weighted by Gasteiger charge is 2.32. The predicted molar refractivity (Wildman–Crippen MR) is 144 cm³/mol. The van der Waals surface area contributed by atoms with Gasteiger partial charge in [-0.2, -0.15) is 0 Å². The third-order valence-electron chi connectivity index (χ3n) is 7.11. The van der Waals surface area contributed by atoms with E-state index in [1.54, 1.807) is 19.4 Å². The van der Waals surface area contributed by atoms with E-state index >= 15 is 0 Å². The lowest BCUT2D eigenvalue weighted by atomic mass is 9.99. The van der Waals surface area contributed by atoms with Crippen molar-refractivity contribution in [2.24, 2.45) is 5.92 Å². The fourth-order valence-electron chi connectivity index (χ4n) is 4.90. The molecule has 1 amide bonds. The van der Waals surface area contributed by atoms with Crippen LogP contribution in [0.1, 0.15) is 60.2 Å². The molecule has 39 heavy (non-hydrogen) atoms. The van der Waals surface area contributed by atoms with E-state index in [9.17, 15) is 9.59 Å². The summed E-state index contributed by atoms with van der Waals surface area (Å²) in [7, 11) is 3.61. The van der Waals surface area contributed by atoms with Crippen LogP contribution in [0.4, 0.5) is 0 Å². The summed E-state index contributed by atoms with van der Waals surface area (Å²) < 4.78 is 16.6. The number of ether oxygens (including phenoxy) is 1. The molecule has 4 aromatic rings. The second-order valence-electron chi connectivity index (χ2n) is 10.1. The number of likely N-dealkylation sites (tertiary alicyclic amines) is 1. The van der Waals surface area contributed by atoms with Gasteiger partial charge in [-0.05, 0) is 38.9 Å². The van der Waals surface area contributed by atoms with Gasteiger partial charge in [0.05, 0.1) is 30.3 Å². The zero-order chi connectivity index (χ0) is 27.4. The van der Waals surface area contributed by atoms with Gasteiger partial charge in [-0.25, -0.2) is 4.98 Å². The number of nitrogens with one attached hydrogen (secondary N) is 1. The molecule has 1 aliphatic rings. The number of carbonyl (C=O) groups is 2. The van der Waals surface area contributed by atoms with Crippen molar-refractivity contribution in [3.8, 4) is 17.1 Å². The Kier molecular flexibility index (Phi) is 8.02. The van der Waals surface area contributed by atoms with Crippen molar-refractivity contribution >= 4 is 22.6 Å². The highest BCUT2D eigenvalue weighted by atomic mass is 16.5. The molecule has 10 heteroatoms. The van der Waals surface area contributed by atoms with Crippen LogP contribution in [0.3, 0.4) is 0 Å². The van der Waals surface area contributed by atoms with E-state index < -0.39 is 0 Å². The minimum atomic E-state index is -0.376. The summed E-state index contributed by atoms with van der Waals surface area (Å²) in [4.78, 5) is 36.4. The number of carbonyl (C=O) groups excluding carboxylic acids is 2. The molecule has 1 fully saturated rings. The number of Topliss-reactive ketones (excluding diaryl/α,β-unsaturated/α-hetero) is 1. The third kappa shape index (κ3) is 6.17. The van der Waals surface area contributed by atoms with Gasteiger partial charge >= 0.3 is 0 Å². The summed E-state index contributed by atoms with van der Waals surface area (Å²) in [6.45, 7) is 3.43. The zero-order valence-electron chi connectivity index (χ0n) is 22.5. The van der Waals surface area contributed by atoms with Crippen LogP contribution in [0, 0.1) is 12.8 Å². The molecule has 0 radical (unpaired) electrons. The molecule has 0 bridgehead atoms. The Balaban J connectivity index is 1.29. The SMILES string of the molecule is COc1cc2nc(C)ccc2cc1-c1cnc([C@H](CCCCCC(=O)c2ccon2)NC(=O)C2CN(C)C2)o1. The van der Waals surface area contributed by atoms with Gasteiger partial charge < -0.3 is 23.9 Å². The topological polar surface area (TPSA) is 124 Å².